The Balaban J connectivity index is 1.78. The molecular weight excluding hydrogens is 396 g/mol. The van der Waals surface area contributed by atoms with E-state index < -0.39 is 5.97 Å². The van der Waals surface area contributed by atoms with Crippen LogP contribution in [0.1, 0.15) is 59.7 Å². The lowest BCUT2D eigenvalue weighted by Crippen LogP contribution is -2.25. The van der Waals surface area contributed by atoms with Gasteiger partial charge in [0.2, 0.25) is 0 Å². The SMILES string of the molecule is CNc1c(C/C=C(\C)CC(CCN2CCCC2)C(=O)O)c(OC)c(C)c2c1C(=O)OC2. The van der Waals surface area contributed by atoms with Crippen molar-refractivity contribution in [1.82, 2.24) is 4.90 Å². The van der Waals surface area contributed by atoms with Gasteiger partial charge in [0.15, 0.2) is 0 Å². The number of hydrogen-bond acceptors (Lipinski definition) is 6. The molecular formula is C24H34N2O5. The van der Waals surface area contributed by atoms with Crippen LogP contribution >= 0.6 is 0 Å². The van der Waals surface area contributed by atoms with Crippen molar-refractivity contribution in [3.63, 3.8) is 0 Å². The molecule has 3 rings (SSSR count). The van der Waals surface area contributed by atoms with Crippen molar-refractivity contribution in [3.05, 3.63) is 33.9 Å². The molecule has 1 unspecified atom stereocenters. The van der Waals surface area contributed by atoms with Crippen LogP contribution in [-0.2, 0) is 22.6 Å². The molecule has 0 radical (unpaired) electrons. The fraction of sp³-hybridized carbons (Fsp3) is 0.583. The van der Waals surface area contributed by atoms with E-state index in [4.69, 9.17) is 9.47 Å². The number of methoxy groups -OCH3 is 1. The summed E-state index contributed by atoms with van der Waals surface area (Å²) in [4.78, 5) is 26.5. The smallest absolute Gasteiger partial charge is 0.341 e. The van der Waals surface area contributed by atoms with Gasteiger partial charge in [-0.2, -0.15) is 0 Å². The highest BCUT2D eigenvalue weighted by Gasteiger charge is 2.31. The topological polar surface area (TPSA) is 88.1 Å². The molecule has 170 valence electrons. The first-order valence-electron chi connectivity index (χ1n) is 11.0. The zero-order valence-corrected chi connectivity index (χ0v) is 19.0. The predicted molar refractivity (Wildman–Crippen MR) is 120 cm³/mol. The number of fused-ring (bicyclic) bond motifs is 1. The number of allylic oxidation sites excluding steroid dienone is 2. The van der Waals surface area contributed by atoms with Gasteiger partial charge < -0.3 is 24.8 Å². The van der Waals surface area contributed by atoms with Crippen LogP contribution in [-0.4, -0.2) is 55.7 Å². The first kappa shape index (κ1) is 23.1. The molecule has 2 aliphatic rings. The number of carbonyl (C=O) groups is 2. The van der Waals surface area contributed by atoms with Crippen molar-refractivity contribution in [2.75, 3.05) is 39.1 Å². The van der Waals surface area contributed by atoms with Gasteiger partial charge in [-0.1, -0.05) is 11.6 Å². The monoisotopic (exact) mass is 430 g/mol. The second-order valence-corrected chi connectivity index (χ2v) is 8.52. The van der Waals surface area contributed by atoms with Crippen molar-refractivity contribution < 1.29 is 24.2 Å². The maximum Gasteiger partial charge on any atom is 0.341 e. The minimum Gasteiger partial charge on any atom is -0.496 e. The first-order valence-corrected chi connectivity index (χ1v) is 11.0. The number of aliphatic carboxylic acids is 1. The van der Waals surface area contributed by atoms with Crippen LogP contribution in [0.5, 0.6) is 5.75 Å². The minimum absolute atomic E-state index is 0.261. The number of nitrogens with zero attached hydrogens (tertiary/aromatic N) is 1. The summed E-state index contributed by atoms with van der Waals surface area (Å²) in [5.41, 5.74) is 5.01. The summed E-state index contributed by atoms with van der Waals surface area (Å²) in [6.07, 6.45) is 6.20. The number of carbonyl (C=O) groups excluding carboxylic acids is 1. The van der Waals surface area contributed by atoms with E-state index in [0.717, 1.165) is 53.3 Å². The summed E-state index contributed by atoms with van der Waals surface area (Å²) in [5.74, 6) is -0.704. The lowest BCUT2D eigenvalue weighted by atomic mass is 9.92. The summed E-state index contributed by atoms with van der Waals surface area (Å²) in [7, 11) is 3.42. The van der Waals surface area contributed by atoms with Crippen molar-refractivity contribution >= 4 is 17.6 Å². The Morgan fingerprint density at radius 2 is 2.06 bits per heavy atom. The van der Waals surface area contributed by atoms with E-state index in [-0.39, 0.29) is 18.5 Å². The van der Waals surface area contributed by atoms with Gasteiger partial charge >= 0.3 is 11.9 Å². The Morgan fingerprint density at radius 1 is 1.35 bits per heavy atom. The van der Waals surface area contributed by atoms with Gasteiger partial charge in [0.05, 0.1) is 24.3 Å². The number of benzene rings is 1. The fourth-order valence-corrected chi connectivity index (χ4v) is 4.73. The third kappa shape index (κ3) is 5.03. The minimum atomic E-state index is -0.739. The van der Waals surface area contributed by atoms with E-state index in [1.807, 2.05) is 13.8 Å². The van der Waals surface area contributed by atoms with E-state index in [2.05, 4.69) is 16.3 Å². The van der Waals surface area contributed by atoms with Gasteiger partial charge in [-0.25, -0.2) is 4.79 Å². The first-order chi connectivity index (χ1) is 14.9. The summed E-state index contributed by atoms with van der Waals surface area (Å²) in [6.45, 7) is 7.18. The zero-order valence-electron chi connectivity index (χ0n) is 19.0. The van der Waals surface area contributed by atoms with Crippen molar-refractivity contribution in [1.29, 1.82) is 0 Å². The van der Waals surface area contributed by atoms with Crippen LogP contribution in [0.2, 0.25) is 0 Å². The third-order valence-electron chi connectivity index (χ3n) is 6.49. The Hall–Kier alpha value is -2.54. The third-order valence-corrected chi connectivity index (χ3v) is 6.49. The Kier molecular flexibility index (Phi) is 7.59. The highest BCUT2D eigenvalue weighted by molar-refractivity contribution is 6.01. The van der Waals surface area contributed by atoms with Gasteiger partial charge in [-0.05, 0) is 71.1 Å². The zero-order chi connectivity index (χ0) is 22.5. The number of esters is 1. The van der Waals surface area contributed by atoms with Crippen LogP contribution in [0.3, 0.4) is 0 Å². The number of carboxylic acid groups (broad SMARTS) is 1. The van der Waals surface area contributed by atoms with Crippen LogP contribution in [0.15, 0.2) is 11.6 Å². The van der Waals surface area contributed by atoms with E-state index in [1.54, 1.807) is 14.2 Å². The number of anilines is 1. The molecule has 0 aromatic heterocycles. The molecule has 1 atom stereocenters. The van der Waals surface area contributed by atoms with E-state index >= 15 is 0 Å². The second-order valence-electron chi connectivity index (χ2n) is 8.52. The number of likely N-dealkylation sites (tertiary alicyclic amines) is 1. The van der Waals surface area contributed by atoms with Crippen molar-refractivity contribution in [2.24, 2.45) is 5.92 Å². The maximum atomic E-state index is 12.3. The Labute approximate surface area is 184 Å². The molecule has 7 nitrogen and oxygen atoms in total. The molecule has 0 amide bonds. The summed E-state index contributed by atoms with van der Waals surface area (Å²) in [5, 5.41) is 12.8. The molecule has 1 aromatic rings. The lowest BCUT2D eigenvalue weighted by Gasteiger charge is -2.20. The molecule has 2 N–H and O–H groups in total. The van der Waals surface area contributed by atoms with E-state index in [1.165, 1.54) is 12.8 Å². The molecule has 31 heavy (non-hydrogen) atoms. The average Bonchev–Trinajstić information content (AvgIpc) is 3.40. The Bertz CT molecular complexity index is 871. The van der Waals surface area contributed by atoms with Gasteiger partial charge in [0, 0.05) is 18.2 Å². The predicted octanol–water partition coefficient (Wildman–Crippen LogP) is 3.78. The summed E-state index contributed by atoms with van der Waals surface area (Å²) in [6, 6.07) is 0. The lowest BCUT2D eigenvalue weighted by molar-refractivity contribution is -0.142. The number of nitrogens with one attached hydrogen (secondary N) is 1. The number of cyclic esters (lactones) is 1. The molecule has 2 heterocycles. The molecule has 0 spiro atoms. The van der Waals surface area contributed by atoms with Gasteiger partial charge in [0.1, 0.15) is 12.4 Å². The molecule has 7 heteroatoms. The average molecular weight is 431 g/mol. The largest absolute Gasteiger partial charge is 0.496 e. The highest BCUT2D eigenvalue weighted by atomic mass is 16.5. The van der Waals surface area contributed by atoms with E-state index in [0.29, 0.717) is 24.8 Å². The molecule has 1 fully saturated rings. The normalized spacial score (nSPS) is 17.4. The van der Waals surface area contributed by atoms with Crippen molar-refractivity contribution in [2.45, 2.75) is 52.6 Å². The standard InChI is InChI=1S/C24H34N2O5/c1-15(13-17(23(27)28)9-12-26-10-5-6-11-26)7-8-18-21(25-3)20-19(14-31-24(20)29)16(2)22(18)30-4/h7,17,25H,5-6,8-14H2,1-4H3,(H,27,28)/b15-7+. The number of carboxylic acids is 1. The van der Waals surface area contributed by atoms with Gasteiger partial charge in [0.25, 0.3) is 0 Å². The maximum absolute atomic E-state index is 12.3. The molecule has 0 saturated carbocycles. The number of hydrogen-bond donors (Lipinski definition) is 2. The molecule has 2 aliphatic heterocycles. The summed E-state index contributed by atoms with van der Waals surface area (Å²) < 4.78 is 10.9. The fourth-order valence-electron chi connectivity index (χ4n) is 4.73. The molecule has 0 aliphatic carbocycles. The second kappa shape index (κ2) is 10.2. The van der Waals surface area contributed by atoms with Crippen molar-refractivity contribution in [3.8, 4) is 5.75 Å². The summed E-state index contributed by atoms with van der Waals surface area (Å²) >= 11 is 0. The van der Waals surface area contributed by atoms with E-state index in [9.17, 15) is 14.7 Å². The van der Waals surface area contributed by atoms with Crippen LogP contribution in [0.25, 0.3) is 0 Å². The molecule has 1 aromatic carbocycles. The van der Waals surface area contributed by atoms with Crippen LogP contribution < -0.4 is 10.1 Å². The highest BCUT2D eigenvalue weighted by Crippen LogP contribution is 2.41. The van der Waals surface area contributed by atoms with Gasteiger partial charge in [-0.3, -0.25) is 4.79 Å². The molecule has 0 bridgehead atoms. The molecule has 1 saturated heterocycles. The number of rotatable bonds is 10. The quantitative estimate of drug-likeness (QED) is 0.431. The Morgan fingerprint density at radius 3 is 2.68 bits per heavy atom. The van der Waals surface area contributed by atoms with Gasteiger partial charge in [-0.15, -0.1) is 0 Å². The van der Waals surface area contributed by atoms with Crippen LogP contribution in [0.4, 0.5) is 5.69 Å². The number of ether oxygens (including phenoxy) is 2. The van der Waals surface area contributed by atoms with Crippen LogP contribution in [0, 0.1) is 12.8 Å².